The van der Waals surface area contributed by atoms with Crippen molar-refractivity contribution in [3.63, 3.8) is 0 Å². The van der Waals surface area contributed by atoms with Crippen molar-refractivity contribution in [1.29, 1.82) is 0 Å². The van der Waals surface area contributed by atoms with Crippen LogP contribution in [0.3, 0.4) is 0 Å². The Labute approximate surface area is 169 Å². The molecule has 0 radical (unpaired) electrons. The third kappa shape index (κ3) is 3.82. The van der Waals surface area contributed by atoms with Gasteiger partial charge in [0.2, 0.25) is 0 Å². The maximum Gasteiger partial charge on any atom is 0.253 e. The number of rotatable bonds is 5. The molecule has 2 aromatic carbocycles. The van der Waals surface area contributed by atoms with Crippen molar-refractivity contribution in [3.8, 4) is 5.75 Å². The number of hydrogen-bond acceptors (Lipinski definition) is 5. The Bertz CT molecular complexity index is 1020. The highest BCUT2D eigenvalue weighted by atomic mass is 16.5. The van der Waals surface area contributed by atoms with Crippen LogP contribution in [0.15, 0.2) is 42.5 Å². The van der Waals surface area contributed by atoms with Crippen LogP contribution in [-0.2, 0) is 13.5 Å². The largest absolute Gasteiger partial charge is 0.497 e. The van der Waals surface area contributed by atoms with E-state index in [9.17, 15) is 9.90 Å². The summed E-state index contributed by atoms with van der Waals surface area (Å²) in [6, 6.07) is 13.5. The van der Waals surface area contributed by atoms with Gasteiger partial charge >= 0.3 is 0 Å². The first kappa shape index (κ1) is 19.4. The van der Waals surface area contributed by atoms with Gasteiger partial charge in [-0.1, -0.05) is 17.3 Å². The maximum atomic E-state index is 13.0. The first-order chi connectivity index (χ1) is 14.0. The molecular weight excluding hydrogens is 368 g/mol. The molecule has 0 bridgehead atoms. The fourth-order valence-electron chi connectivity index (χ4n) is 4.15. The van der Waals surface area contributed by atoms with E-state index in [0.29, 0.717) is 18.7 Å². The predicted molar refractivity (Wildman–Crippen MR) is 110 cm³/mol. The quantitative estimate of drug-likeness (QED) is 0.719. The molecule has 1 aliphatic rings. The van der Waals surface area contributed by atoms with E-state index in [2.05, 4.69) is 16.4 Å². The number of piperidine rings is 1. The number of aryl methyl sites for hydroxylation is 1. The monoisotopic (exact) mass is 394 g/mol. The molecule has 7 heteroatoms. The average Bonchev–Trinajstić information content (AvgIpc) is 3.14. The molecule has 2 heterocycles. The van der Waals surface area contributed by atoms with Gasteiger partial charge in [-0.2, -0.15) is 0 Å². The zero-order valence-electron chi connectivity index (χ0n) is 16.8. The molecule has 29 heavy (non-hydrogen) atoms. The van der Waals surface area contributed by atoms with Crippen LogP contribution in [0.4, 0.5) is 0 Å². The molecule has 3 aromatic rings. The summed E-state index contributed by atoms with van der Waals surface area (Å²) in [5.74, 6) is 0.827. The minimum atomic E-state index is -0.210. The third-order valence-electron chi connectivity index (χ3n) is 6.02. The SMILES string of the molecule is COc1cccc(CC2(CO)CCN(C(=O)c3ccc4c(c3)nnn4C)CC2)c1. The van der Waals surface area contributed by atoms with Crippen molar-refractivity contribution < 1.29 is 14.6 Å². The summed E-state index contributed by atoms with van der Waals surface area (Å²) in [6.07, 6.45) is 2.30. The summed E-state index contributed by atoms with van der Waals surface area (Å²) in [5, 5.41) is 18.2. The normalized spacial score (nSPS) is 16.2. The van der Waals surface area contributed by atoms with Crippen molar-refractivity contribution in [1.82, 2.24) is 19.9 Å². The van der Waals surface area contributed by atoms with E-state index < -0.39 is 0 Å². The van der Waals surface area contributed by atoms with Gasteiger partial charge in [0.25, 0.3) is 5.91 Å². The highest BCUT2D eigenvalue weighted by Crippen LogP contribution is 2.36. The minimum Gasteiger partial charge on any atom is -0.497 e. The predicted octanol–water partition coefficient (Wildman–Crippen LogP) is 2.43. The number of ether oxygens (including phenoxy) is 1. The lowest BCUT2D eigenvalue weighted by molar-refractivity contribution is 0.0358. The van der Waals surface area contributed by atoms with Gasteiger partial charge < -0.3 is 14.7 Å². The molecule has 1 aromatic heterocycles. The van der Waals surface area contributed by atoms with Gasteiger partial charge in [0.1, 0.15) is 11.3 Å². The van der Waals surface area contributed by atoms with Crippen LogP contribution in [0.5, 0.6) is 5.75 Å². The molecule has 0 aliphatic carbocycles. The summed E-state index contributed by atoms with van der Waals surface area (Å²) >= 11 is 0. The molecule has 4 rings (SSSR count). The van der Waals surface area contributed by atoms with E-state index in [4.69, 9.17) is 4.74 Å². The molecule has 1 fully saturated rings. The number of fused-ring (bicyclic) bond motifs is 1. The molecule has 7 nitrogen and oxygen atoms in total. The van der Waals surface area contributed by atoms with Gasteiger partial charge in [-0.15, -0.1) is 5.10 Å². The lowest BCUT2D eigenvalue weighted by Crippen LogP contribution is -2.45. The summed E-state index contributed by atoms with van der Waals surface area (Å²) in [6.45, 7) is 1.36. The Morgan fingerprint density at radius 1 is 1.21 bits per heavy atom. The summed E-state index contributed by atoms with van der Waals surface area (Å²) in [7, 11) is 3.49. The second-order valence-electron chi connectivity index (χ2n) is 7.90. The molecular formula is C22H26N4O3. The zero-order valence-corrected chi connectivity index (χ0v) is 16.8. The second kappa shape index (κ2) is 7.83. The molecule has 1 N–H and O–H groups in total. The molecule has 1 saturated heterocycles. The van der Waals surface area contributed by atoms with Gasteiger partial charge in [-0.05, 0) is 55.2 Å². The number of amides is 1. The van der Waals surface area contributed by atoms with E-state index in [1.54, 1.807) is 17.9 Å². The number of likely N-dealkylation sites (tertiary alicyclic amines) is 1. The maximum absolute atomic E-state index is 13.0. The summed E-state index contributed by atoms with van der Waals surface area (Å²) in [4.78, 5) is 14.9. The standard InChI is InChI=1S/C22H26N4O3/c1-25-20-7-6-17(13-19(20)23-24-25)21(28)26-10-8-22(15-27,9-11-26)14-16-4-3-5-18(12-16)29-2/h3-7,12-13,27H,8-11,14-15H2,1-2H3. The number of nitrogens with zero attached hydrogens (tertiary/aromatic N) is 4. The van der Waals surface area contributed by atoms with E-state index in [1.807, 2.05) is 42.3 Å². The Balaban J connectivity index is 1.45. The van der Waals surface area contributed by atoms with Crippen LogP contribution in [0, 0.1) is 5.41 Å². The molecule has 0 atom stereocenters. The number of carbonyl (C=O) groups is 1. The molecule has 0 saturated carbocycles. The first-order valence-corrected chi connectivity index (χ1v) is 9.86. The van der Waals surface area contributed by atoms with Crippen molar-refractivity contribution in [2.45, 2.75) is 19.3 Å². The number of aliphatic hydroxyl groups is 1. The fraction of sp³-hybridized carbons (Fsp3) is 0.409. The number of aromatic nitrogens is 3. The van der Waals surface area contributed by atoms with Gasteiger partial charge in [0.05, 0.1) is 12.6 Å². The van der Waals surface area contributed by atoms with Crippen molar-refractivity contribution in [2.24, 2.45) is 12.5 Å². The Hall–Kier alpha value is -2.93. The zero-order chi connectivity index (χ0) is 20.4. The van der Waals surface area contributed by atoms with Crippen LogP contribution >= 0.6 is 0 Å². The van der Waals surface area contributed by atoms with E-state index in [-0.39, 0.29) is 17.9 Å². The molecule has 1 aliphatic heterocycles. The van der Waals surface area contributed by atoms with Gasteiger partial charge in [0, 0.05) is 37.7 Å². The van der Waals surface area contributed by atoms with Gasteiger partial charge in [0.15, 0.2) is 0 Å². The highest BCUT2D eigenvalue weighted by Gasteiger charge is 2.36. The summed E-state index contributed by atoms with van der Waals surface area (Å²) < 4.78 is 7.01. The third-order valence-corrected chi connectivity index (χ3v) is 6.02. The highest BCUT2D eigenvalue weighted by molar-refractivity contribution is 5.97. The number of benzene rings is 2. The Kier molecular flexibility index (Phi) is 5.24. The fourth-order valence-corrected chi connectivity index (χ4v) is 4.15. The van der Waals surface area contributed by atoms with E-state index in [1.165, 1.54) is 0 Å². The Morgan fingerprint density at radius 2 is 2.00 bits per heavy atom. The smallest absolute Gasteiger partial charge is 0.253 e. The molecule has 0 unspecified atom stereocenters. The molecule has 0 spiro atoms. The van der Waals surface area contributed by atoms with E-state index >= 15 is 0 Å². The van der Waals surface area contributed by atoms with Gasteiger partial charge in [-0.25, -0.2) is 4.68 Å². The number of hydrogen-bond donors (Lipinski definition) is 1. The topological polar surface area (TPSA) is 80.5 Å². The van der Waals surface area contributed by atoms with E-state index in [0.717, 1.165) is 41.6 Å². The minimum absolute atomic E-state index is 0.00507. The van der Waals surface area contributed by atoms with Crippen LogP contribution < -0.4 is 4.74 Å². The number of carbonyl (C=O) groups excluding carboxylic acids is 1. The van der Waals surface area contributed by atoms with Crippen LogP contribution in [0.2, 0.25) is 0 Å². The average molecular weight is 394 g/mol. The van der Waals surface area contributed by atoms with Gasteiger partial charge in [-0.3, -0.25) is 4.79 Å². The second-order valence-corrected chi connectivity index (χ2v) is 7.90. The first-order valence-electron chi connectivity index (χ1n) is 9.86. The molecule has 1 amide bonds. The van der Waals surface area contributed by atoms with Crippen LogP contribution in [0.25, 0.3) is 11.0 Å². The lowest BCUT2D eigenvalue weighted by atomic mass is 9.74. The van der Waals surface area contributed by atoms with Crippen molar-refractivity contribution >= 4 is 16.9 Å². The Morgan fingerprint density at radius 3 is 2.72 bits per heavy atom. The van der Waals surface area contributed by atoms with Crippen molar-refractivity contribution in [2.75, 3.05) is 26.8 Å². The lowest BCUT2D eigenvalue weighted by Gasteiger charge is -2.41. The number of aliphatic hydroxyl groups excluding tert-OH is 1. The molecule has 152 valence electrons. The van der Waals surface area contributed by atoms with Crippen LogP contribution in [-0.4, -0.2) is 57.7 Å². The summed E-state index contributed by atoms with van der Waals surface area (Å²) in [5.41, 5.74) is 3.18. The van der Waals surface area contributed by atoms with Crippen molar-refractivity contribution in [3.05, 3.63) is 53.6 Å². The number of methoxy groups -OCH3 is 1. The van der Waals surface area contributed by atoms with Crippen LogP contribution in [0.1, 0.15) is 28.8 Å².